The number of nitrogens with two attached hydrogens (primary N) is 1. The van der Waals surface area contributed by atoms with Crippen LogP contribution in [0.5, 0.6) is 0 Å². The molecule has 1 amide bonds. The van der Waals surface area contributed by atoms with Gasteiger partial charge >= 0.3 is 0 Å². The van der Waals surface area contributed by atoms with Crippen molar-refractivity contribution in [2.75, 3.05) is 7.05 Å². The van der Waals surface area contributed by atoms with E-state index in [0.29, 0.717) is 5.56 Å². The van der Waals surface area contributed by atoms with Gasteiger partial charge in [0.15, 0.2) is 11.7 Å². The Bertz CT molecular complexity index is 1010. The first kappa shape index (κ1) is 22.5. The van der Waals surface area contributed by atoms with Crippen LogP contribution >= 0.6 is 0 Å². The molecule has 1 unspecified atom stereocenters. The number of amides is 1. The average molecular weight is 426 g/mol. The zero-order valence-corrected chi connectivity index (χ0v) is 18.2. The molecule has 1 aliphatic heterocycles. The van der Waals surface area contributed by atoms with E-state index in [1.54, 1.807) is 25.3 Å². The van der Waals surface area contributed by atoms with Crippen molar-refractivity contribution in [3.05, 3.63) is 58.9 Å². The number of Topliss-reactive ketones (excluding diaryl/α,β-unsaturated/α-hetero) is 1. The lowest BCUT2D eigenvalue weighted by Crippen LogP contribution is -2.47. The fourth-order valence-corrected chi connectivity index (χ4v) is 3.62. The number of hydrogen-bond donors (Lipinski definition) is 1. The van der Waals surface area contributed by atoms with Gasteiger partial charge in [0.25, 0.3) is 0 Å². The van der Waals surface area contributed by atoms with Crippen LogP contribution in [0.15, 0.2) is 35.6 Å². The molecule has 2 aromatic rings. The smallest absolute Gasteiger partial charge is 0.231 e. The minimum absolute atomic E-state index is 0.0104. The highest BCUT2D eigenvalue weighted by atomic mass is 19.1. The Morgan fingerprint density at radius 3 is 2.68 bits per heavy atom. The standard InChI is InChI=1S/C23H28FN5O2/c1-4-5-6-7-16-13-27-19(14-26-16)20(30)11-15-8-9-18(24)17(10-15)23(2)12-21(31)29(3)22(25)28-23/h8-10,13-14H,4-7,11-12H2,1-3H3,(H2,25,28). The summed E-state index contributed by atoms with van der Waals surface area (Å²) in [4.78, 5) is 39.1. The fourth-order valence-electron chi connectivity index (χ4n) is 3.62. The first-order valence-corrected chi connectivity index (χ1v) is 10.5. The van der Waals surface area contributed by atoms with Crippen molar-refractivity contribution in [2.45, 2.75) is 57.9 Å². The van der Waals surface area contributed by atoms with Crippen molar-refractivity contribution in [2.24, 2.45) is 10.7 Å². The Labute approximate surface area is 181 Å². The zero-order valence-electron chi connectivity index (χ0n) is 18.2. The minimum Gasteiger partial charge on any atom is -0.369 e. The van der Waals surface area contributed by atoms with Crippen LogP contribution in [0, 0.1) is 5.82 Å². The number of halogens is 1. The van der Waals surface area contributed by atoms with Gasteiger partial charge in [0.05, 0.1) is 23.9 Å². The highest BCUT2D eigenvalue weighted by molar-refractivity contribution is 5.99. The second kappa shape index (κ2) is 9.32. The maximum absolute atomic E-state index is 14.6. The number of carbonyl (C=O) groups excluding carboxylic acids is 2. The first-order valence-electron chi connectivity index (χ1n) is 10.5. The molecule has 31 heavy (non-hydrogen) atoms. The van der Waals surface area contributed by atoms with Crippen LogP contribution in [-0.2, 0) is 23.2 Å². The van der Waals surface area contributed by atoms with Crippen LogP contribution in [0.4, 0.5) is 4.39 Å². The van der Waals surface area contributed by atoms with Crippen LogP contribution in [0.25, 0.3) is 0 Å². The summed E-state index contributed by atoms with van der Waals surface area (Å²) in [7, 11) is 1.53. The van der Waals surface area contributed by atoms with Crippen molar-refractivity contribution < 1.29 is 14.0 Å². The number of aliphatic imine (C=N–C) groups is 1. The van der Waals surface area contributed by atoms with Gasteiger partial charge in [-0.25, -0.2) is 14.4 Å². The van der Waals surface area contributed by atoms with Crippen molar-refractivity contribution >= 4 is 17.6 Å². The average Bonchev–Trinajstić information content (AvgIpc) is 2.74. The summed E-state index contributed by atoms with van der Waals surface area (Å²) >= 11 is 0. The van der Waals surface area contributed by atoms with Gasteiger partial charge in [0.2, 0.25) is 5.91 Å². The van der Waals surface area contributed by atoms with E-state index in [-0.39, 0.29) is 41.7 Å². The molecule has 1 atom stereocenters. The van der Waals surface area contributed by atoms with Crippen molar-refractivity contribution in [3.63, 3.8) is 0 Å². The predicted molar refractivity (Wildman–Crippen MR) is 116 cm³/mol. The third-order valence-electron chi connectivity index (χ3n) is 5.58. The van der Waals surface area contributed by atoms with Gasteiger partial charge in [0.1, 0.15) is 11.5 Å². The van der Waals surface area contributed by atoms with E-state index in [9.17, 15) is 14.0 Å². The number of nitrogens with zero attached hydrogens (tertiary/aromatic N) is 4. The Hall–Kier alpha value is -3.16. The van der Waals surface area contributed by atoms with E-state index < -0.39 is 11.4 Å². The minimum atomic E-state index is -1.13. The monoisotopic (exact) mass is 425 g/mol. The Kier molecular flexibility index (Phi) is 6.77. The first-order chi connectivity index (χ1) is 14.7. The van der Waals surface area contributed by atoms with Gasteiger partial charge in [-0.05, 0) is 37.5 Å². The van der Waals surface area contributed by atoms with E-state index in [2.05, 4.69) is 21.9 Å². The summed E-state index contributed by atoms with van der Waals surface area (Å²) in [6, 6.07) is 4.42. The van der Waals surface area contributed by atoms with Crippen LogP contribution in [0.1, 0.15) is 66.8 Å². The normalized spacial score (nSPS) is 18.8. The summed E-state index contributed by atoms with van der Waals surface area (Å²) in [6.45, 7) is 3.80. The quantitative estimate of drug-likeness (QED) is 0.517. The number of guanidine groups is 1. The SMILES string of the molecule is CCCCCc1cnc(C(=O)Cc2ccc(F)c(C3(C)CC(=O)N(C)C(N)=N3)c2)cn1. The molecule has 0 aliphatic carbocycles. The lowest BCUT2D eigenvalue weighted by atomic mass is 9.85. The molecule has 164 valence electrons. The molecule has 0 radical (unpaired) electrons. The Morgan fingerprint density at radius 1 is 1.26 bits per heavy atom. The zero-order chi connectivity index (χ0) is 22.6. The number of unbranched alkanes of at least 4 members (excludes halogenated alkanes) is 2. The molecule has 0 bridgehead atoms. The van der Waals surface area contributed by atoms with Crippen LogP contribution in [0.2, 0.25) is 0 Å². The summed E-state index contributed by atoms with van der Waals surface area (Å²) in [5.74, 6) is -0.916. The maximum Gasteiger partial charge on any atom is 0.231 e. The molecular weight excluding hydrogens is 397 g/mol. The third-order valence-corrected chi connectivity index (χ3v) is 5.58. The molecule has 0 spiro atoms. The van der Waals surface area contributed by atoms with Gasteiger partial charge in [-0.3, -0.25) is 19.5 Å². The molecule has 1 aromatic heterocycles. The highest BCUT2D eigenvalue weighted by Gasteiger charge is 2.38. The number of rotatable bonds is 8. The van der Waals surface area contributed by atoms with E-state index >= 15 is 0 Å². The number of benzene rings is 1. The van der Waals surface area contributed by atoms with Gasteiger partial charge in [-0.1, -0.05) is 25.8 Å². The molecule has 0 saturated heterocycles. The van der Waals surface area contributed by atoms with Gasteiger partial charge in [-0.2, -0.15) is 0 Å². The second-order valence-electron chi connectivity index (χ2n) is 8.14. The van der Waals surface area contributed by atoms with Gasteiger partial charge in [0, 0.05) is 25.2 Å². The van der Waals surface area contributed by atoms with E-state index in [4.69, 9.17) is 5.73 Å². The van der Waals surface area contributed by atoms with Gasteiger partial charge < -0.3 is 5.73 Å². The highest BCUT2D eigenvalue weighted by Crippen LogP contribution is 2.35. The lowest BCUT2D eigenvalue weighted by Gasteiger charge is -2.34. The third kappa shape index (κ3) is 5.13. The van der Waals surface area contributed by atoms with Crippen molar-refractivity contribution in [1.82, 2.24) is 14.9 Å². The summed E-state index contributed by atoms with van der Waals surface area (Å²) in [6.07, 6.45) is 7.31. The number of aryl methyl sites for hydroxylation is 1. The maximum atomic E-state index is 14.6. The van der Waals surface area contributed by atoms with Crippen molar-refractivity contribution in [1.29, 1.82) is 0 Å². The predicted octanol–water partition coefficient (Wildman–Crippen LogP) is 3.17. The largest absolute Gasteiger partial charge is 0.369 e. The summed E-state index contributed by atoms with van der Waals surface area (Å²) in [5.41, 5.74) is 6.69. The lowest BCUT2D eigenvalue weighted by molar-refractivity contribution is -0.128. The molecule has 2 heterocycles. The molecule has 7 nitrogen and oxygen atoms in total. The summed E-state index contributed by atoms with van der Waals surface area (Å²) < 4.78 is 14.6. The fraction of sp³-hybridized carbons (Fsp3) is 0.435. The second-order valence-corrected chi connectivity index (χ2v) is 8.14. The van der Waals surface area contributed by atoms with E-state index in [0.717, 1.165) is 31.4 Å². The summed E-state index contributed by atoms with van der Waals surface area (Å²) in [5, 5.41) is 0. The topological polar surface area (TPSA) is 102 Å². The Morgan fingerprint density at radius 2 is 2.03 bits per heavy atom. The van der Waals surface area contributed by atoms with Crippen LogP contribution in [-0.4, -0.2) is 39.6 Å². The number of ketones is 1. The molecule has 2 N–H and O–H groups in total. The number of aromatic nitrogens is 2. The van der Waals surface area contributed by atoms with E-state index in [1.807, 2.05) is 0 Å². The van der Waals surface area contributed by atoms with Crippen LogP contribution < -0.4 is 5.73 Å². The molecule has 1 aromatic carbocycles. The van der Waals surface area contributed by atoms with Crippen LogP contribution in [0.3, 0.4) is 0 Å². The molecule has 1 aliphatic rings. The van der Waals surface area contributed by atoms with Crippen molar-refractivity contribution in [3.8, 4) is 0 Å². The number of hydrogen-bond acceptors (Lipinski definition) is 6. The molecular formula is C23H28FN5O2. The molecule has 3 rings (SSSR count). The van der Waals surface area contributed by atoms with Gasteiger partial charge in [-0.15, -0.1) is 0 Å². The molecule has 8 heteroatoms. The molecule has 0 fully saturated rings. The molecule has 0 saturated carbocycles. The number of carbonyl (C=O) groups is 2. The van der Waals surface area contributed by atoms with E-state index in [1.165, 1.54) is 24.2 Å². The Balaban J connectivity index is 1.78.